The molecule has 0 aliphatic heterocycles. The predicted molar refractivity (Wildman–Crippen MR) is 75.8 cm³/mol. The van der Waals surface area contributed by atoms with E-state index in [4.69, 9.17) is 0 Å². The third-order valence-corrected chi connectivity index (χ3v) is 4.20. The molecule has 1 aromatic rings. The maximum Gasteiger partial charge on any atom is 0.228 e. The van der Waals surface area contributed by atoms with Gasteiger partial charge in [-0.05, 0) is 24.0 Å². The van der Waals surface area contributed by atoms with Gasteiger partial charge in [-0.3, -0.25) is 0 Å². The van der Waals surface area contributed by atoms with Crippen LogP contribution >= 0.6 is 0 Å². The van der Waals surface area contributed by atoms with Crippen LogP contribution in [0.2, 0.25) is 0 Å². The van der Waals surface area contributed by atoms with Crippen LogP contribution in [0.1, 0.15) is 24.0 Å². The minimum atomic E-state index is -3.31. The van der Waals surface area contributed by atoms with E-state index in [1.54, 1.807) is 14.1 Å². The monoisotopic (exact) mass is 283 g/mol. The maximum absolute atomic E-state index is 11.8. The van der Waals surface area contributed by atoms with E-state index in [-0.39, 0.29) is 5.75 Å². The zero-order chi connectivity index (χ0) is 13.9. The first-order valence-corrected chi connectivity index (χ1v) is 8.08. The number of hydrogen-bond donors (Lipinski definition) is 2. The first-order chi connectivity index (χ1) is 8.94. The molecule has 1 fully saturated rings. The molecule has 0 unspecified atom stereocenters. The number of rotatable bonds is 7. The summed E-state index contributed by atoms with van der Waals surface area (Å²) in [5.41, 5.74) is 1.94. The summed E-state index contributed by atoms with van der Waals surface area (Å²) in [6, 6.07) is 8.37. The van der Waals surface area contributed by atoms with E-state index >= 15 is 0 Å². The van der Waals surface area contributed by atoms with Crippen LogP contribution in [0.25, 0.3) is 0 Å². The van der Waals surface area contributed by atoms with Crippen LogP contribution < -0.4 is 10.1 Å². The first kappa shape index (κ1) is 14.5. The molecule has 106 valence electrons. The predicted octanol–water partition coefficient (Wildman–Crippen LogP) is 0.835. The number of benzene rings is 1. The van der Waals surface area contributed by atoms with E-state index in [1.807, 2.05) is 24.3 Å². The van der Waals surface area contributed by atoms with Gasteiger partial charge in [0.05, 0.1) is 5.75 Å². The van der Waals surface area contributed by atoms with Crippen LogP contribution in [-0.4, -0.2) is 33.6 Å². The molecule has 0 atom stereocenters. The normalized spacial score (nSPS) is 15.9. The van der Waals surface area contributed by atoms with Crippen LogP contribution in [0.5, 0.6) is 0 Å². The number of sulfonamides is 1. The van der Waals surface area contributed by atoms with E-state index in [1.165, 1.54) is 17.9 Å². The van der Waals surface area contributed by atoms with Gasteiger partial charge in [-0.1, -0.05) is 24.3 Å². The summed E-state index contributed by atoms with van der Waals surface area (Å²) in [7, 11) is 0.00643. The molecule has 1 aromatic carbocycles. The van der Waals surface area contributed by atoms with Crippen molar-refractivity contribution in [3.63, 3.8) is 0 Å². The highest BCUT2D eigenvalue weighted by molar-refractivity contribution is 7.88. The number of hydrogen-bond acceptors (Lipinski definition) is 4. The van der Waals surface area contributed by atoms with Crippen LogP contribution in [0.4, 0.5) is 0 Å². The quantitative estimate of drug-likeness (QED) is 0.728. The average molecular weight is 283 g/mol. The van der Waals surface area contributed by atoms with Gasteiger partial charge in [-0.25, -0.2) is 13.4 Å². The Morgan fingerprint density at radius 2 is 1.95 bits per heavy atom. The second kappa shape index (κ2) is 6.00. The Bertz CT molecular complexity index is 524. The molecule has 0 amide bonds. The van der Waals surface area contributed by atoms with E-state index in [0.717, 1.165) is 17.7 Å². The van der Waals surface area contributed by atoms with Crippen LogP contribution in [-0.2, 0) is 22.3 Å². The van der Waals surface area contributed by atoms with E-state index in [0.29, 0.717) is 6.04 Å². The summed E-state index contributed by atoms with van der Waals surface area (Å²) in [4.78, 5) is 2.44. The Balaban J connectivity index is 1.97. The molecule has 5 nitrogen and oxygen atoms in total. The van der Waals surface area contributed by atoms with Gasteiger partial charge in [-0.15, -0.1) is 4.83 Å². The third-order valence-electron chi connectivity index (χ3n) is 2.84. The fourth-order valence-electron chi connectivity index (χ4n) is 1.91. The maximum atomic E-state index is 11.8. The largest absolute Gasteiger partial charge is 0.310 e. The molecular weight excluding hydrogens is 262 g/mol. The third kappa shape index (κ3) is 5.28. The number of hydrazine groups is 1. The van der Waals surface area contributed by atoms with E-state index < -0.39 is 10.0 Å². The van der Waals surface area contributed by atoms with Gasteiger partial charge >= 0.3 is 0 Å². The minimum Gasteiger partial charge on any atom is -0.310 e. The molecule has 0 aromatic heterocycles. The Kier molecular flexibility index (Phi) is 4.57. The first-order valence-electron chi connectivity index (χ1n) is 6.43. The highest BCUT2D eigenvalue weighted by Crippen LogP contribution is 2.19. The Morgan fingerprint density at radius 1 is 1.26 bits per heavy atom. The minimum absolute atomic E-state index is 0.00243. The summed E-state index contributed by atoms with van der Waals surface area (Å²) in [6.45, 7) is 0.805. The SMILES string of the molecule is CN(C)NS(=O)(=O)Cc1cccc(CNC2CC2)c1. The van der Waals surface area contributed by atoms with Gasteiger partial charge < -0.3 is 5.32 Å². The fraction of sp³-hybridized carbons (Fsp3) is 0.538. The van der Waals surface area contributed by atoms with Crippen LogP contribution in [0.3, 0.4) is 0 Å². The second-order valence-corrected chi connectivity index (χ2v) is 6.92. The smallest absolute Gasteiger partial charge is 0.228 e. The molecule has 19 heavy (non-hydrogen) atoms. The Morgan fingerprint density at radius 3 is 2.58 bits per heavy atom. The van der Waals surface area contributed by atoms with Gasteiger partial charge in [0, 0.05) is 26.7 Å². The number of nitrogens with one attached hydrogen (secondary N) is 2. The number of nitrogens with zero attached hydrogens (tertiary/aromatic N) is 1. The lowest BCUT2D eigenvalue weighted by atomic mass is 10.1. The molecule has 0 heterocycles. The van der Waals surface area contributed by atoms with Crippen molar-refractivity contribution < 1.29 is 8.42 Å². The van der Waals surface area contributed by atoms with Gasteiger partial charge in [-0.2, -0.15) is 0 Å². The van der Waals surface area contributed by atoms with Crippen molar-refractivity contribution in [3.8, 4) is 0 Å². The molecular formula is C13H21N3O2S. The summed E-state index contributed by atoms with van der Waals surface area (Å²) in [5.74, 6) is 0.00243. The fourth-order valence-corrected chi connectivity index (χ4v) is 3.15. The van der Waals surface area contributed by atoms with Crippen molar-refractivity contribution in [2.75, 3.05) is 14.1 Å². The lowest BCUT2D eigenvalue weighted by molar-refractivity contribution is 0.363. The average Bonchev–Trinajstić information content (AvgIpc) is 3.07. The van der Waals surface area contributed by atoms with Gasteiger partial charge in [0.1, 0.15) is 0 Å². The molecule has 2 rings (SSSR count). The second-order valence-electron chi connectivity index (χ2n) is 5.22. The Hall–Kier alpha value is -0.950. The summed E-state index contributed by atoms with van der Waals surface area (Å²) in [6.07, 6.45) is 2.50. The van der Waals surface area contributed by atoms with Crippen molar-refractivity contribution in [1.29, 1.82) is 0 Å². The molecule has 1 saturated carbocycles. The lowest BCUT2D eigenvalue weighted by Gasteiger charge is -2.13. The van der Waals surface area contributed by atoms with Crippen LogP contribution in [0, 0.1) is 0 Å². The lowest BCUT2D eigenvalue weighted by Crippen LogP contribution is -2.36. The summed E-state index contributed by atoms with van der Waals surface area (Å²) >= 11 is 0. The topological polar surface area (TPSA) is 61.4 Å². The Labute approximate surface area is 115 Å². The van der Waals surface area contributed by atoms with Gasteiger partial charge in [0.2, 0.25) is 10.0 Å². The molecule has 0 bridgehead atoms. The van der Waals surface area contributed by atoms with Crippen molar-refractivity contribution in [3.05, 3.63) is 35.4 Å². The van der Waals surface area contributed by atoms with Gasteiger partial charge in [0.25, 0.3) is 0 Å². The molecule has 2 N–H and O–H groups in total. The van der Waals surface area contributed by atoms with Gasteiger partial charge in [0.15, 0.2) is 0 Å². The van der Waals surface area contributed by atoms with Crippen molar-refractivity contribution in [1.82, 2.24) is 15.2 Å². The van der Waals surface area contributed by atoms with Crippen molar-refractivity contribution in [2.24, 2.45) is 0 Å². The van der Waals surface area contributed by atoms with E-state index in [9.17, 15) is 8.42 Å². The molecule has 0 saturated heterocycles. The molecule has 6 heteroatoms. The van der Waals surface area contributed by atoms with E-state index in [2.05, 4.69) is 10.1 Å². The summed E-state index contributed by atoms with van der Waals surface area (Å²) in [5, 5.41) is 4.86. The molecule has 1 aliphatic rings. The molecule has 0 radical (unpaired) electrons. The molecule has 1 aliphatic carbocycles. The summed E-state index contributed by atoms with van der Waals surface area (Å²) < 4.78 is 23.7. The van der Waals surface area contributed by atoms with Crippen molar-refractivity contribution in [2.45, 2.75) is 31.2 Å². The van der Waals surface area contributed by atoms with Crippen molar-refractivity contribution >= 4 is 10.0 Å². The zero-order valence-electron chi connectivity index (χ0n) is 11.4. The standard InChI is InChI=1S/C13H21N3O2S/c1-16(2)15-19(17,18)10-12-5-3-4-11(8-12)9-14-13-6-7-13/h3-5,8,13-15H,6-7,9-10H2,1-2H3. The highest BCUT2D eigenvalue weighted by atomic mass is 32.2. The van der Waals surface area contributed by atoms with Crippen LogP contribution in [0.15, 0.2) is 24.3 Å². The zero-order valence-corrected chi connectivity index (χ0v) is 12.2. The molecule has 0 spiro atoms. The highest BCUT2D eigenvalue weighted by Gasteiger charge is 2.20.